The number of ether oxygens (including phenoxy) is 1. The van der Waals surface area contributed by atoms with Gasteiger partial charge in [-0.3, -0.25) is 9.69 Å². The fraction of sp³-hybridized carbons (Fsp3) is 0.533. The average molecular weight is 586 g/mol. The molecule has 3 aliphatic rings. The quantitative estimate of drug-likeness (QED) is 0.368. The zero-order valence-electron chi connectivity index (χ0n) is 23.5. The summed E-state index contributed by atoms with van der Waals surface area (Å²) in [6, 6.07) is 9.64. The van der Waals surface area contributed by atoms with E-state index in [0.717, 1.165) is 68.2 Å². The minimum absolute atomic E-state index is 0.0885. The van der Waals surface area contributed by atoms with Gasteiger partial charge in [0.2, 0.25) is 0 Å². The summed E-state index contributed by atoms with van der Waals surface area (Å²) >= 11 is 5.69. The summed E-state index contributed by atoms with van der Waals surface area (Å²) in [4.78, 5) is 22.7. The van der Waals surface area contributed by atoms with Gasteiger partial charge in [0.1, 0.15) is 23.5 Å². The predicted octanol–water partition coefficient (Wildman–Crippen LogP) is 6.31. The van der Waals surface area contributed by atoms with Crippen molar-refractivity contribution in [1.82, 2.24) is 9.88 Å². The van der Waals surface area contributed by atoms with Crippen LogP contribution in [0.4, 0.5) is 24.5 Å². The third-order valence-corrected chi connectivity index (χ3v) is 8.61. The summed E-state index contributed by atoms with van der Waals surface area (Å²) in [5.74, 6) is 0.343. The highest BCUT2D eigenvalue weighted by molar-refractivity contribution is 7.81. The maximum absolute atomic E-state index is 13.7. The standard InChI is InChI=1S/C30H34F3N5O2S/c1-28(2,3)13-16-36-14-9-23(10-15-36)40-22-7-5-20(6-8-22)38-27(41)37(26(39)29(38)11-4-12-29)21-17-24(30(31,32)33)25(18-34)35-19-21/h5-8,17,19,23H,4,9-16H2,1-3H3. The van der Waals surface area contributed by atoms with Crippen LogP contribution in [0, 0.1) is 16.7 Å². The number of thiocarbonyl (C=S) groups is 1. The van der Waals surface area contributed by atoms with Crippen LogP contribution in [0.3, 0.4) is 0 Å². The van der Waals surface area contributed by atoms with Gasteiger partial charge in [-0.05, 0) is 93.0 Å². The van der Waals surface area contributed by atoms with Crippen LogP contribution < -0.4 is 14.5 Å². The van der Waals surface area contributed by atoms with Gasteiger partial charge < -0.3 is 14.5 Å². The maximum atomic E-state index is 13.7. The monoisotopic (exact) mass is 585 g/mol. The summed E-state index contributed by atoms with van der Waals surface area (Å²) < 4.78 is 47.1. The van der Waals surface area contributed by atoms with Crippen molar-refractivity contribution in [3.05, 3.63) is 47.8 Å². The molecule has 11 heteroatoms. The van der Waals surface area contributed by atoms with Gasteiger partial charge in [0.05, 0.1) is 17.4 Å². The Bertz CT molecular complexity index is 1350. The second kappa shape index (κ2) is 10.9. The lowest BCUT2D eigenvalue weighted by molar-refractivity contribution is -0.138. The van der Waals surface area contributed by atoms with Gasteiger partial charge in [-0.2, -0.15) is 18.4 Å². The highest BCUT2D eigenvalue weighted by atomic mass is 32.1. The molecule has 7 nitrogen and oxygen atoms in total. The normalized spacial score (nSPS) is 19.9. The Balaban J connectivity index is 1.31. The number of anilines is 2. The lowest BCUT2D eigenvalue weighted by atomic mass is 9.75. The lowest BCUT2D eigenvalue weighted by Gasteiger charge is -2.43. The van der Waals surface area contributed by atoms with E-state index < -0.39 is 23.0 Å². The molecule has 1 amide bonds. The van der Waals surface area contributed by atoms with E-state index in [9.17, 15) is 18.0 Å². The fourth-order valence-electron chi connectivity index (χ4n) is 5.70. The minimum Gasteiger partial charge on any atom is -0.490 e. The van der Waals surface area contributed by atoms with Gasteiger partial charge in [-0.25, -0.2) is 4.98 Å². The first kappa shape index (κ1) is 29.3. The average Bonchev–Trinajstić information content (AvgIpc) is 3.14. The van der Waals surface area contributed by atoms with Gasteiger partial charge in [-0.15, -0.1) is 0 Å². The molecule has 0 unspecified atom stereocenters. The van der Waals surface area contributed by atoms with Crippen molar-refractivity contribution in [2.24, 2.45) is 5.41 Å². The van der Waals surface area contributed by atoms with Crippen molar-refractivity contribution in [3.8, 4) is 11.8 Å². The number of nitrogens with zero attached hydrogens (tertiary/aromatic N) is 5. The van der Waals surface area contributed by atoms with E-state index in [-0.39, 0.29) is 22.8 Å². The molecule has 0 bridgehead atoms. The number of alkyl halides is 3. The van der Waals surface area contributed by atoms with Crippen LogP contribution >= 0.6 is 12.2 Å². The van der Waals surface area contributed by atoms with Crippen LogP contribution in [0.1, 0.15) is 70.6 Å². The van der Waals surface area contributed by atoms with E-state index in [4.69, 9.17) is 22.2 Å². The van der Waals surface area contributed by atoms with E-state index >= 15 is 0 Å². The first-order chi connectivity index (χ1) is 19.3. The molecular weight excluding hydrogens is 551 g/mol. The number of hydrogen-bond acceptors (Lipinski definition) is 6. The number of hydrogen-bond donors (Lipinski definition) is 0. The number of rotatable bonds is 6. The summed E-state index contributed by atoms with van der Waals surface area (Å²) in [6.45, 7) is 9.87. The molecule has 2 saturated heterocycles. The number of carbonyl (C=O) groups excluding carboxylic acids is 1. The van der Waals surface area contributed by atoms with Gasteiger partial charge in [0, 0.05) is 18.8 Å². The number of amides is 1. The SMILES string of the molecule is CC(C)(C)CCN1CCC(Oc2ccc(N3C(=S)N(c4cnc(C#N)c(C(F)(F)F)c4)C(=O)C34CCC4)cc2)CC1. The molecule has 1 saturated carbocycles. The third kappa shape index (κ3) is 5.77. The molecule has 1 aromatic carbocycles. The molecule has 0 N–H and O–H groups in total. The molecule has 0 atom stereocenters. The number of nitriles is 1. The number of pyridine rings is 1. The van der Waals surface area contributed by atoms with E-state index in [1.165, 1.54) is 6.07 Å². The summed E-state index contributed by atoms with van der Waals surface area (Å²) in [5, 5.41) is 9.20. The number of aromatic nitrogens is 1. The van der Waals surface area contributed by atoms with Crippen LogP contribution in [-0.4, -0.2) is 52.2 Å². The molecule has 5 rings (SSSR count). The summed E-state index contributed by atoms with van der Waals surface area (Å²) in [7, 11) is 0. The molecule has 41 heavy (non-hydrogen) atoms. The molecule has 1 spiro atoms. The van der Waals surface area contributed by atoms with Gasteiger partial charge in [0.15, 0.2) is 10.8 Å². The number of piperidine rings is 1. The first-order valence-electron chi connectivity index (χ1n) is 14.0. The summed E-state index contributed by atoms with van der Waals surface area (Å²) in [5.41, 5.74) is -2.01. The van der Waals surface area contributed by atoms with E-state index in [1.807, 2.05) is 24.3 Å². The lowest BCUT2D eigenvalue weighted by Crippen LogP contribution is -2.55. The Hall–Kier alpha value is -3.23. The van der Waals surface area contributed by atoms with Crippen LogP contribution in [0.15, 0.2) is 36.5 Å². The van der Waals surface area contributed by atoms with Gasteiger partial charge in [0.25, 0.3) is 5.91 Å². The molecule has 3 heterocycles. The van der Waals surface area contributed by atoms with Crippen molar-refractivity contribution in [2.45, 2.75) is 77.1 Å². The van der Waals surface area contributed by atoms with Crippen LogP contribution in [0.2, 0.25) is 0 Å². The molecule has 1 aliphatic carbocycles. The zero-order chi connectivity index (χ0) is 29.6. The first-order valence-corrected chi connectivity index (χ1v) is 14.4. The van der Waals surface area contributed by atoms with Crippen LogP contribution in [0.5, 0.6) is 5.75 Å². The number of benzene rings is 1. The molecular formula is C30H34F3N5O2S. The predicted molar refractivity (Wildman–Crippen MR) is 154 cm³/mol. The minimum atomic E-state index is -4.80. The largest absolute Gasteiger partial charge is 0.490 e. The third-order valence-electron chi connectivity index (χ3n) is 8.25. The second-order valence-electron chi connectivity index (χ2n) is 12.3. The molecule has 218 valence electrons. The number of carbonyl (C=O) groups is 1. The molecule has 2 aromatic rings. The van der Waals surface area contributed by atoms with Gasteiger partial charge in [-0.1, -0.05) is 20.8 Å². The zero-order valence-corrected chi connectivity index (χ0v) is 24.3. The van der Waals surface area contributed by atoms with Crippen molar-refractivity contribution in [3.63, 3.8) is 0 Å². The molecule has 3 fully saturated rings. The van der Waals surface area contributed by atoms with Crippen LogP contribution in [-0.2, 0) is 11.0 Å². The molecule has 0 radical (unpaired) electrons. The van der Waals surface area contributed by atoms with Gasteiger partial charge >= 0.3 is 6.18 Å². The molecule has 1 aromatic heterocycles. The smallest absolute Gasteiger partial charge is 0.419 e. The maximum Gasteiger partial charge on any atom is 0.419 e. The second-order valence-corrected chi connectivity index (χ2v) is 12.7. The Morgan fingerprint density at radius 2 is 1.78 bits per heavy atom. The Kier molecular flexibility index (Phi) is 7.76. The molecule has 2 aliphatic heterocycles. The number of likely N-dealkylation sites (tertiary alicyclic amines) is 1. The van der Waals surface area contributed by atoms with Crippen molar-refractivity contribution >= 4 is 34.6 Å². The Morgan fingerprint density at radius 1 is 1.12 bits per heavy atom. The fourth-order valence-corrected chi connectivity index (χ4v) is 6.17. The van der Waals surface area contributed by atoms with E-state index in [0.29, 0.717) is 23.9 Å². The summed E-state index contributed by atoms with van der Waals surface area (Å²) in [6.07, 6.45) is 1.35. The Labute approximate surface area is 243 Å². The number of halogens is 3. The highest BCUT2D eigenvalue weighted by Gasteiger charge is 2.59. The van der Waals surface area contributed by atoms with Crippen molar-refractivity contribution in [2.75, 3.05) is 29.4 Å². The topological polar surface area (TPSA) is 72.7 Å². The highest BCUT2D eigenvalue weighted by Crippen LogP contribution is 2.48. The van der Waals surface area contributed by atoms with E-state index in [2.05, 4.69) is 30.7 Å². The van der Waals surface area contributed by atoms with E-state index in [1.54, 1.807) is 4.90 Å². The Morgan fingerprint density at radius 3 is 2.32 bits per heavy atom. The van der Waals surface area contributed by atoms with Crippen molar-refractivity contribution < 1.29 is 22.7 Å². The van der Waals surface area contributed by atoms with Crippen LogP contribution in [0.25, 0.3) is 0 Å². The van der Waals surface area contributed by atoms with Crippen molar-refractivity contribution in [1.29, 1.82) is 5.26 Å².